The van der Waals surface area contributed by atoms with E-state index in [1.807, 2.05) is 0 Å². The molecule has 0 radical (unpaired) electrons. The van der Waals surface area contributed by atoms with Crippen LogP contribution < -0.4 is 0 Å². The van der Waals surface area contributed by atoms with Gasteiger partial charge in [-0.25, -0.2) is 0 Å². The minimum Gasteiger partial charge on any atom is -0.481 e. The third kappa shape index (κ3) is 13.5. The summed E-state index contributed by atoms with van der Waals surface area (Å²) in [5.41, 5.74) is 0. The fourth-order valence-electron chi connectivity index (χ4n) is 2.94. The summed E-state index contributed by atoms with van der Waals surface area (Å²) in [7, 11) is 0. The van der Waals surface area contributed by atoms with Gasteiger partial charge in [0.05, 0.1) is 0 Å². The number of carbonyl (C=O) groups excluding carboxylic acids is 5. The molecular weight excluding hydrogens is 456 g/mol. The van der Waals surface area contributed by atoms with Crippen LogP contribution in [0, 0.1) is 12.3 Å². The van der Waals surface area contributed by atoms with E-state index in [4.69, 9.17) is 16.3 Å². The van der Waals surface area contributed by atoms with Gasteiger partial charge in [-0.15, -0.1) is 6.42 Å². The Bertz CT molecular complexity index is 818. The van der Waals surface area contributed by atoms with Gasteiger partial charge in [0, 0.05) is 50.2 Å². The van der Waals surface area contributed by atoms with Crippen LogP contribution in [-0.4, -0.2) is 70.2 Å². The van der Waals surface area contributed by atoms with Crippen molar-refractivity contribution in [1.82, 2.24) is 9.80 Å². The molecule has 0 bridgehead atoms. The lowest BCUT2D eigenvalue weighted by atomic mass is 10.2. The molecule has 0 spiro atoms. The number of amides is 4. The fourth-order valence-corrected chi connectivity index (χ4v) is 2.94. The monoisotopic (exact) mass is 492 g/mol. The predicted molar refractivity (Wildman–Crippen MR) is 130 cm³/mol. The molecule has 35 heavy (non-hydrogen) atoms. The zero-order valence-corrected chi connectivity index (χ0v) is 18.4. The Labute approximate surface area is 207 Å². The average Bonchev–Trinajstić information content (AvgIpc) is 3.27. The van der Waals surface area contributed by atoms with E-state index in [9.17, 15) is 28.8 Å². The fraction of sp³-hybridized carbons (Fsp3) is 0.520. The molecule has 0 unspecified atom stereocenters. The third-order valence-electron chi connectivity index (χ3n) is 4.65. The van der Waals surface area contributed by atoms with Gasteiger partial charge in [-0.1, -0.05) is 33.6 Å². The van der Waals surface area contributed by atoms with E-state index in [-0.39, 0.29) is 57.5 Å². The molecule has 0 fully saturated rings. The number of nitrogens with zero attached hydrogens (tertiary/aromatic N) is 2. The first-order valence-corrected chi connectivity index (χ1v) is 10.6. The summed E-state index contributed by atoms with van der Waals surface area (Å²) in [5.74, 6) is -0.0150. The molecule has 0 aromatic heterocycles. The molecule has 0 saturated carbocycles. The van der Waals surface area contributed by atoms with Gasteiger partial charge in [-0.3, -0.25) is 38.6 Å². The highest BCUT2D eigenvalue weighted by molar-refractivity contribution is 6.13. The topological polar surface area (TPSA) is 138 Å². The second kappa shape index (κ2) is 18.7. The third-order valence-corrected chi connectivity index (χ3v) is 4.65. The van der Waals surface area contributed by atoms with E-state index in [1.54, 1.807) is 0 Å². The highest BCUT2D eigenvalue weighted by atomic mass is 16.5. The number of aliphatic carboxylic acids is 1. The van der Waals surface area contributed by atoms with Gasteiger partial charge in [-0.2, -0.15) is 0 Å². The maximum Gasteiger partial charge on any atom is 0.306 e. The van der Waals surface area contributed by atoms with E-state index in [0.717, 1.165) is 6.42 Å². The zero-order chi connectivity index (χ0) is 24.6. The number of ether oxygens (including phenoxy) is 1. The second-order valence-electron chi connectivity index (χ2n) is 7.20. The van der Waals surface area contributed by atoms with E-state index < -0.39 is 5.97 Å². The summed E-state index contributed by atoms with van der Waals surface area (Å²) in [6.07, 6.45) is 14.5. The molecule has 0 aromatic rings. The number of unbranched alkanes of at least 4 members (excludes halogenated alkanes) is 4. The molecule has 10 heteroatoms. The summed E-state index contributed by atoms with van der Waals surface area (Å²) in [4.78, 5) is 68.2. The van der Waals surface area contributed by atoms with E-state index in [2.05, 4.69) is 5.92 Å². The van der Waals surface area contributed by atoms with Crippen LogP contribution in [0.2, 0.25) is 0 Å². The van der Waals surface area contributed by atoms with Gasteiger partial charge in [0.25, 0.3) is 23.6 Å². The summed E-state index contributed by atoms with van der Waals surface area (Å²) in [6, 6.07) is 0. The Hall–Kier alpha value is -3.74. The molecule has 0 atom stereocenters. The van der Waals surface area contributed by atoms with Crippen molar-refractivity contribution in [2.24, 2.45) is 0 Å². The number of esters is 1. The summed E-state index contributed by atoms with van der Waals surface area (Å²) >= 11 is 0. The van der Waals surface area contributed by atoms with Crippen molar-refractivity contribution in [3.8, 4) is 12.3 Å². The number of imide groups is 2. The van der Waals surface area contributed by atoms with Crippen LogP contribution in [0.25, 0.3) is 0 Å². The molecule has 2 heterocycles. The smallest absolute Gasteiger partial charge is 0.306 e. The predicted octanol–water partition coefficient (Wildman–Crippen LogP) is 2.48. The van der Waals surface area contributed by atoms with Crippen molar-refractivity contribution in [3.63, 3.8) is 0 Å². The molecule has 2 aliphatic rings. The second-order valence-corrected chi connectivity index (χ2v) is 7.20. The Morgan fingerprint density at radius 2 is 1.14 bits per heavy atom. The Balaban J connectivity index is 0. The van der Waals surface area contributed by atoms with Gasteiger partial charge < -0.3 is 9.84 Å². The SMILES string of the molecule is C.C.C#CCOC(=O)CCCCCN1C(=O)C=CC1=O.O=C(O)CCCCCN1C(=O)C=CC1=O. The summed E-state index contributed by atoms with van der Waals surface area (Å²) in [5, 5.41) is 8.38. The van der Waals surface area contributed by atoms with Crippen LogP contribution in [-0.2, 0) is 33.5 Å². The molecule has 4 amide bonds. The number of terminal acetylenes is 1. The van der Waals surface area contributed by atoms with Crippen molar-refractivity contribution < 1.29 is 38.6 Å². The standard InChI is InChI=1S/C13H15NO4.C10H13NO4.2CH4/c1-2-10-18-13(17)6-4-3-5-9-14-11(15)7-8-12(14)16;12-8-5-6-9(13)11(8)7-3-1-2-4-10(14)15;;/h1,7-8H,3-6,9-10H2;5-6H,1-4,7H2,(H,14,15);2*1H4. The van der Waals surface area contributed by atoms with Gasteiger partial charge in [0.1, 0.15) is 0 Å². The first kappa shape index (κ1) is 33.4. The highest BCUT2D eigenvalue weighted by Crippen LogP contribution is 2.09. The molecule has 10 nitrogen and oxygen atoms in total. The van der Waals surface area contributed by atoms with Gasteiger partial charge in [0.2, 0.25) is 0 Å². The quantitative estimate of drug-likeness (QED) is 0.179. The van der Waals surface area contributed by atoms with Crippen LogP contribution in [0.1, 0.15) is 66.2 Å². The molecule has 194 valence electrons. The number of carboxylic acid groups (broad SMARTS) is 1. The van der Waals surface area contributed by atoms with Crippen molar-refractivity contribution >= 4 is 35.6 Å². The van der Waals surface area contributed by atoms with Crippen LogP contribution in [0.15, 0.2) is 24.3 Å². The largest absolute Gasteiger partial charge is 0.481 e. The number of hydrogen-bond donors (Lipinski definition) is 1. The van der Waals surface area contributed by atoms with Gasteiger partial charge >= 0.3 is 11.9 Å². The maximum atomic E-state index is 11.2. The minimum atomic E-state index is -0.815. The first-order valence-electron chi connectivity index (χ1n) is 10.6. The number of rotatable bonds is 13. The van der Waals surface area contributed by atoms with Crippen molar-refractivity contribution in [2.45, 2.75) is 66.2 Å². The number of carbonyl (C=O) groups is 6. The lowest BCUT2D eigenvalue weighted by Gasteiger charge is -2.12. The molecule has 2 aliphatic heterocycles. The molecule has 0 aromatic carbocycles. The lowest BCUT2D eigenvalue weighted by molar-refractivity contribution is -0.142. The molecule has 1 N–H and O–H groups in total. The Morgan fingerprint density at radius 1 is 0.743 bits per heavy atom. The van der Waals surface area contributed by atoms with Crippen LogP contribution in [0.3, 0.4) is 0 Å². The van der Waals surface area contributed by atoms with Crippen LogP contribution >= 0.6 is 0 Å². The van der Waals surface area contributed by atoms with Crippen molar-refractivity contribution in [3.05, 3.63) is 24.3 Å². The van der Waals surface area contributed by atoms with E-state index in [1.165, 1.54) is 34.1 Å². The molecular formula is C25H36N2O8. The van der Waals surface area contributed by atoms with E-state index >= 15 is 0 Å². The summed E-state index contributed by atoms with van der Waals surface area (Å²) < 4.78 is 4.70. The van der Waals surface area contributed by atoms with Crippen LogP contribution in [0.4, 0.5) is 0 Å². The first-order chi connectivity index (χ1) is 15.8. The Morgan fingerprint density at radius 3 is 1.51 bits per heavy atom. The molecule has 2 rings (SSSR count). The number of hydrogen-bond acceptors (Lipinski definition) is 7. The average molecular weight is 493 g/mol. The van der Waals surface area contributed by atoms with Gasteiger partial charge in [0.15, 0.2) is 6.61 Å². The Kier molecular flexibility index (Phi) is 17.8. The zero-order valence-electron chi connectivity index (χ0n) is 18.4. The van der Waals surface area contributed by atoms with Gasteiger partial charge in [-0.05, 0) is 25.7 Å². The van der Waals surface area contributed by atoms with Crippen LogP contribution in [0.5, 0.6) is 0 Å². The lowest BCUT2D eigenvalue weighted by Crippen LogP contribution is -2.30. The molecule has 0 saturated heterocycles. The highest BCUT2D eigenvalue weighted by Gasteiger charge is 2.23. The number of carboxylic acids is 1. The minimum absolute atomic E-state index is 0. The maximum absolute atomic E-state index is 11.2. The van der Waals surface area contributed by atoms with Crippen molar-refractivity contribution in [2.75, 3.05) is 19.7 Å². The normalized spacial score (nSPS) is 13.6. The summed E-state index contributed by atoms with van der Waals surface area (Å²) in [6.45, 7) is 0.773. The van der Waals surface area contributed by atoms with Crippen molar-refractivity contribution in [1.29, 1.82) is 0 Å². The van der Waals surface area contributed by atoms with E-state index in [0.29, 0.717) is 51.6 Å². The molecule has 0 aliphatic carbocycles.